The predicted octanol–water partition coefficient (Wildman–Crippen LogP) is 8.40. The Hall–Kier alpha value is -3.48. The Kier molecular flexibility index (Phi) is 16.4. The number of hydrogen-bond donors (Lipinski definition) is 2. The average molecular weight is 840 g/mol. The van der Waals surface area contributed by atoms with Crippen LogP contribution < -0.4 is 10.6 Å². The summed E-state index contributed by atoms with van der Waals surface area (Å²) >= 11 is 0. The maximum absolute atomic E-state index is 13.8. The third kappa shape index (κ3) is 13.3. The number of hydroxylamine groups is 4. The summed E-state index contributed by atoms with van der Waals surface area (Å²) in [5.74, 6) is 0.489. The second kappa shape index (κ2) is 20.2. The van der Waals surface area contributed by atoms with Crippen LogP contribution in [0.4, 0.5) is 14.4 Å². The first-order chi connectivity index (χ1) is 27.2. The minimum Gasteiger partial charge on any atom is -0.444 e. The molecule has 0 spiro atoms. The highest BCUT2D eigenvalue weighted by Crippen LogP contribution is 2.43. The fourth-order valence-corrected chi connectivity index (χ4v) is 8.66. The van der Waals surface area contributed by atoms with Gasteiger partial charge in [0.05, 0.1) is 18.1 Å². The van der Waals surface area contributed by atoms with Gasteiger partial charge in [0.25, 0.3) is 0 Å². The largest absolute Gasteiger partial charge is 0.444 e. The molecule has 1 aromatic heterocycles. The second-order valence-electron chi connectivity index (χ2n) is 17.9. The number of rotatable bonds is 19. The first-order valence-corrected chi connectivity index (χ1v) is 22.6. The van der Waals surface area contributed by atoms with Gasteiger partial charge in [0.1, 0.15) is 22.7 Å². The van der Waals surface area contributed by atoms with Crippen LogP contribution in [0.3, 0.4) is 0 Å². The maximum Gasteiger partial charge on any atom is 0.437 e. The van der Waals surface area contributed by atoms with Gasteiger partial charge in [0, 0.05) is 30.6 Å². The number of hydrogen-bond acceptors (Lipinski definition) is 13. The molecule has 1 aromatic rings. The quantitative estimate of drug-likeness (QED) is 0.0769. The third-order valence-corrected chi connectivity index (χ3v) is 11.3. The molecular formula is C40H69N7O10S. The SMILES string of the molecule is CCCCN(OS(=O)(=O)ON1C(=O)N2C[C@@H]1CC[C@H]2c1cc(C2CC(N=C(NC(=O)OC(C)(C)C)NC(=O)OC(C)(C)C)C2)on1)C(CCC)(CCCC)CCCC. The van der Waals surface area contributed by atoms with E-state index in [0.717, 1.165) is 69.3 Å². The van der Waals surface area contributed by atoms with Crippen LogP contribution in [0.1, 0.15) is 183 Å². The van der Waals surface area contributed by atoms with Crippen molar-refractivity contribution < 1.29 is 45.4 Å². The van der Waals surface area contributed by atoms with Crippen molar-refractivity contribution in [2.24, 2.45) is 4.99 Å². The summed E-state index contributed by atoms with van der Waals surface area (Å²) in [5.41, 5.74) is -1.42. The summed E-state index contributed by atoms with van der Waals surface area (Å²) in [7, 11) is -4.65. The topological polar surface area (TPSA) is 194 Å². The number of aromatic nitrogens is 1. The van der Waals surface area contributed by atoms with Gasteiger partial charge in [-0.2, -0.15) is 22.8 Å². The summed E-state index contributed by atoms with van der Waals surface area (Å²) < 4.78 is 55.2. The van der Waals surface area contributed by atoms with Gasteiger partial charge < -0.3 is 18.9 Å². The van der Waals surface area contributed by atoms with Crippen molar-refractivity contribution in [1.29, 1.82) is 0 Å². The number of fused-ring (bicyclic) bond motifs is 2. The lowest BCUT2D eigenvalue weighted by molar-refractivity contribution is -0.172. The number of nitrogens with one attached hydrogen (secondary N) is 2. The zero-order valence-corrected chi connectivity index (χ0v) is 37.2. The molecule has 3 heterocycles. The monoisotopic (exact) mass is 839 g/mol. The van der Waals surface area contributed by atoms with Crippen LogP contribution in [0.5, 0.6) is 0 Å². The molecule has 2 atom stereocenters. The van der Waals surface area contributed by atoms with E-state index in [1.165, 1.54) is 0 Å². The molecule has 0 aromatic carbocycles. The lowest BCUT2D eigenvalue weighted by atomic mass is 9.79. The zero-order chi connectivity index (χ0) is 42.9. The first kappa shape index (κ1) is 47.2. The fraction of sp³-hybridized carbons (Fsp3) is 0.825. The van der Waals surface area contributed by atoms with Crippen LogP contribution in [0.15, 0.2) is 15.6 Å². The summed E-state index contributed by atoms with van der Waals surface area (Å²) in [6.07, 6.45) is 9.35. The van der Waals surface area contributed by atoms with Gasteiger partial charge in [0.2, 0.25) is 5.96 Å². The molecule has 1 saturated carbocycles. The first-order valence-electron chi connectivity index (χ1n) is 21.3. The van der Waals surface area contributed by atoms with Crippen LogP contribution >= 0.6 is 0 Å². The van der Waals surface area contributed by atoms with E-state index in [0.29, 0.717) is 43.7 Å². The molecule has 18 heteroatoms. The van der Waals surface area contributed by atoms with Crippen molar-refractivity contribution in [3.8, 4) is 0 Å². The number of amides is 4. The molecule has 2 saturated heterocycles. The van der Waals surface area contributed by atoms with E-state index in [1.807, 2.05) is 6.07 Å². The number of guanidine groups is 1. The van der Waals surface area contributed by atoms with E-state index in [4.69, 9.17) is 22.6 Å². The molecule has 58 heavy (non-hydrogen) atoms. The minimum absolute atomic E-state index is 0.0443. The molecule has 0 radical (unpaired) electrons. The lowest BCUT2D eigenvalue weighted by Gasteiger charge is -2.43. The number of piperidine rings is 1. The van der Waals surface area contributed by atoms with Crippen LogP contribution in [0.2, 0.25) is 0 Å². The van der Waals surface area contributed by atoms with Crippen molar-refractivity contribution in [2.75, 3.05) is 13.1 Å². The van der Waals surface area contributed by atoms with E-state index in [9.17, 15) is 22.8 Å². The molecule has 3 aliphatic rings. The highest BCUT2D eigenvalue weighted by Gasteiger charge is 2.50. The zero-order valence-electron chi connectivity index (χ0n) is 36.4. The molecule has 17 nitrogen and oxygen atoms in total. The van der Waals surface area contributed by atoms with E-state index in [-0.39, 0.29) is 24.5 Å². The Balaban J connectivity index is 1.42. The van der Waals surface area contributed by atoms with Crippen LogP contribution in [-0.2, 0) is 28.4 Å². The molecule has 1 aliphatic carbocycles. The Bertz CT molecular complexity index is 1630. The van der Waals surface area contributed by atoms with E-state index in [2.05, 4.69) is 48.5 Å². The smallest absolute Gasteiger partial charge is 0.437 e. The Labute approximate surface area is 345 Å². The van der Waals surface area contributed by atoms with Crippen LogP contribution in [-0.4, -0.2) is 94.7 Å². The highest BCUT2D eigenvalue weighted by molar-refractivity contribution is 7.81. The van der Waals surface area contributed by atoms with Gasteiger partial charge in [-0.05, 0) is 92.9 Å². The molecule has 4 amide bonds. The molecule has 330 valence electrons. The second-order valence-corrected chi connectivity index (χ2v) is 19.0. The number of urea groups is 1. The number of nitrogens with zero attached hydrogens (tertiary/aromatic N) is 5. The van der Waals surface area contributed by atoms with Gasteiger partial charge >= 0.3 is 28.6 Å². The van der Waals surface area contributed by atoms with E-state index < -0.39 is 57.4 Å². The number of aliphatic imine (C=N–C) groups is 1. The number of ether oxygens (including phenoxy) is 2. The molecule has 0 unspecified atom stereocenters. The normalized spacial score (nSPS) is 21.2. The Morgan fingerprint density at radius 1 is 0.897 bits per heavy atom. The van der Waals surface area contributed by atoms with E-state index in [1.54, 1.807) is 51.5 Å². The number of carbonyl (C=O) groups is 3. The van der Waals surface area contributed by atoms with Crippen molar-refractivity contribution in [1.82, 2.24) is 30.8 Å². The average Bonchev–Trinajstić information content (AvgIpc) is 3.67. The molecule has 2 bridgehead atoms. The number of carbonyl (C=O) groups excluding carboxylic acids is 3. The van der Waals surface area contributed by atoms with Crippen molar-refractivity contribution in [3.63, 3.8) is 0 Å². The highest BCUT2D eigenvalue weighted by atomic mass is 32.3. The maximum atomic E-state index is 13.8. The summed E-state index contributed by atoms with van der Waals surface area (Å²) in [6, 6.07) is 0.0998. The molecule has 3 fully saturated rings. The van der Waals surface area contributed by atoms with E-state index >= 15 is 0 Å². The number of alkyl carbamates (subject to hydrolysis) is 2. The summed E-state index contributed by atoms with van der Waals surface area (Å²) in [5, 5.41) is 12.0. The summed E-state index contributed by atoms with van der Waals surface area (Å²) in [6.45, 7) is 19.5. The minimum atomic E-state index is -4.65. The molecule has 2 aliphatic heterocycles. The standard InChI is InChI=1S/C40H69N7O10S/c1-11-15-21-40(20-14-4,22-16-12-2)46(23-17-13-3)56-58(51,52)57-47-30-18-19-32(45(27-30)37(47)50)31-26-33(55-44-31)28-24-29(25-28)41-34(42-35(48)53-38(5,6)7)43-36(49)54-39(8,9)10/h26,28-30,32H,11-25,27H2,1-10H3,(H2,41,42,43,48,49)/t28?,29?,30-,32-/m0/s1. The van der Waals surface area contributed by atoms with Crippen molar-refractivity contribution in [2.45, 2.75) is 200 Å². The van der Waals surface area contributed by atoms with Gasteiger partial charge in [0.15, 0.2) is 0 Å². The molecule has 2 N–H and O–H groups in total. The number of unbranched alkanes of at least 4 members (excludes halogenated alkanes) is 3. The summed E-state index contributed by atoms with van der Waals surface area (Å²) in [4.78, 5) is 45.0. The lowest BCUT2D eigenvalue weighted by Crippen LogP contribution is -2.51. The predicted molar refractivity (Wildman–Crippen MR) is 218 cm³/mol. The fourth-order valence-electron chi connectivity index (χ4n) is 7.80. The Morgan fingerprint density at radius 2 is 1.48 bits per heavy atom. The van der Waals surface area contributed by atoms with Crippen LogP contribution in [0, 0.1) is 0 Å². The Morgan fingerprint density at radius 3 is 2.02 bits per heavy atom. The van der Waals surface area contributed by atoms with Gasteiger partial charge in [-0.15, -0.1) is 4.28 Å². The van der Waals surface area contributed by atoms with Crippen LogP contribution in [0.25, 0.3) is 0 Å². The van der Waals surface area contributed by atoms with Crippen molar-refractivity contribution >= 4 is 34.6 Å². The molecule has 4 rings (SSSR count). The molecular weight excluding hydrogens is 771 g/mol. The third-order valence-electron chi connectivity index (χ3n) is 10.6. The van der Waals surface area contributed by atoms with Crippen molar-refractivity contribution in [3.05, 3.63) is 17.5 Å². The van der Waals surface area contributed by atoms with Gasteiger partial charge in [-0.1, -0.05) is 71.4 Å². The van der Waals surface area contributed by atoms with Gasteiger partial charge in [-0.3, -0.25) is 10.6 Å². The van der Waals surface area contributed by atoms with Gasteiger partial charge in [-0.25, -0.2) is 19.4 Å².